The molecule has 0 aromatic heterocycles. The molecule has 0 aliphatic rings. The van der Waals surface area contributed by atoms with Crippen LogP contribution in [0.15, 0.2) is 30.3 Å². The molecule has 1 atom stereocenters. The van der Waals surface area contributed by atoms with Gasteiger partial charge in [0.1, 0.15) is 0 Å². The number of amides is 2. The smallest absolute Gasteiger partial charge is 0.248 e. The van der Waals surface area contributed by atoms with Gasteiger partial charge >= 0.3 is 0 Å². The van der Waals surface area contributed by atoms with E-state index in [9.17, 15) is 9.59 Å². The van der Waals surface area contributed by atoms with E-state index in [1.165, 1.54) is 6.08 Å². The number of carbonyl (C=O) groups is 2. The first-order chi connectivity index (χ1) is 9.90. The Kier molecular flexibility index (Phi) is 6.11. The summed E-state index contributed by atoms with van der Waals surface area (Å²) in [6, 6.07) is 6.66. The molecule has 0 aliphatic carbocycles. The summed E-state index contributed by atoms with van der Waals surface area (Å²) in [4.78, 5) is 22.8. The lowest BCUT2D eigenvalue weighted by Gasteiger charge is -2.28. The fourth-order valence-electron chi connectivity index (χ4n) is 1.84. The van der Waals surface area contributed by atoms with Crippen LogP contribution in [0, 0.1) is 0 Å². The van der Waals surface area contributed by atoms with Crippen molar-refractivity contribution in [2.24, 2.45) is 5.73 Å². The van der Waals surface area contributed by atoms with Crippen molar-refractivity contribution in [3.05, 3.63) is 41.5 Å². The largest absolute Gasteiger partial charge is 0.396 e. The summed E-state index contributed by atoms with van der Waals surface area (Å²) in [7, 11) is 0. The second kappa shape index (κ2) is 7.59. The van der Waals surface area contributed by atoms with Crippen LogP contribution in [0.5, 0.6) is 0 Å². The van der Waals surface area contributed by atoms with E-state index in [1.807, 2.05) is 13.8 Å². The van der Waals surface area contributed by atoms with Crippen LogP contribution in [-0.2, 0) is 4.79 Å². The number of benzene rings is 1. The van der Waals surface area contributed by atoms with Crippen LogP contribution < -0.4 is 11.1 Å². The third-order valence-corrected chi connectivity index (χ3v) is 3.49. The van der Waals surface area contributed by atoms with E-state index in [0.29, 0.717) is 12.0 Å². The van der Waals surface area contributed by atoms with Gasteiger partial charge in [-0.05, 0) is 43.5 Å². The maximum absolute atomic E-state index is 11.9. The molecule has 1 aromatic carbocycles. The van der Waals surface area contributed by atoms with Crippen molar-refractivity contribution in [1.29, 1.82) is 0 Å². The molecule has 5 nitrogen and oxygen atoms in total. The fourth-order valence-corrected chi connectivity index (χ4v) is 1.84. The number of aliphatic hydroxyl groups excluding tert-OH is 1. The zero-order valence-corrected chi connectivity index (χ0v) is 12.4. The van der Waals surface area contributed by atoms with Crippen LogP contribution >= 0.6 is 0 Å². The molecule has 1 aromatic rings. The summed E-state index contributed by atoms with van der Waals surface area (Å²) < 4.78 is 0. The topological polar surface area (TPSA) is 92.4 Å². The monoisotopic (exact) mass is 290 g/mol. The number of aliphatic hydroxyl groups is 1. The molecule has 0 saturated heterocycles. The molecule has 5 heteroatoms. The predicted molar refractivity (Wildman–Crippen MR) is 82.5 cm³/mol. The highest BCUT2D eigenvalue weighted by atomic mass is 16.3. The Bertz CT molecular complexity index is 523. The highest BCUT2D eigenvalue weighted by Crippen LogP contribution is 2.14. The Balaban J connectivity index is 2.67. The van der Waals surface area contributed by atoms with Crippen molar-refractivity contribution in [3.8, 4) is 0 Å². The Morgan fingerprint density at radius 1 is 1.33 bits per heavy atom. The van der Waals surface area contributed by atoms with E-state index in [4.69, 9.17) is 10.8 Å². The molecule has 21 heavy (non-hydrogen) atoms. The molecule has 2 amide bonds. The van der Waals surface area contributed by atoms with Gasteiger partial charge in [0.25, 0.3) is 0 Å². The van der Waals surface area contributed by atoms with E-state index >= 15 is 0 Å². The molecule has 0 aliphatic heterocycles. The molecule has 114 valence electrons. The summed E-state index contributed by atoms with van der Waals surface area (Å²) in [5.41, 5.74) is 5.98. The van der Waals surface area contributed by atoms with Crippen molar-refractivity contribution in [2.45, 2.75) is 32.2 Å². The summed E-state index contributed by atoms with van der Waals surface area (Å²) in [6.45, 7) is 3.89. The van der Waals surface area contributed by atoms with E-state index in [1.54, 1.807) is 30.3 Å². The molecule has 1 unspecified atom stereocenters. The molecule has 0 saturated carbocycles. The van der Waals surface area contributed by atoms with Gasteiger partial charge in [0.05, 0.1) is 0 Å². The van der Waals surface area contributed by atoms with Gasteiger partial charge < -0.3 is 16.2 Å². The van der Waals surface area contributed by atoms with Crippen LogP contribution in [0.3, 0.4) is 0 Å². The maximum Gasteiger partial charge on any atom is 0.248 e. The van der Waals surface area contributed by atoms with Crippen LogP contribution in [-0.4, -0.2) is 29.1 Å². The van der Waals surface area contributed by atoms with E-state index in [0.717, 1.165) is 12.0 Å². The number of nitrogens with one attached hydrogen (secondary N) is 1. The van der Waals surface area contributed by atoms with Gasteiger partial charge in [-0.3, -0.25) is 9.59 Å². The number of hydrogen-bond donors (Lipinski definition) is 3. The number of primary amides is 1. The fraction of sp³-hybridized carbons (Fsp3) is 0.375. The first kappa shape index (κ1) is 16.9. The van der Waals surface area contributed by atoms with Crippen molar-refractivity contribution in [2.75, 3.05) is 6.61 Å². The van der Waals surface area contributed by atoms with Gasteiger partial charge in [0.15, 0.2) is 0 Å². The van der Waals surface area contributed by atoms with Crippen molar-refractivity contribution >= 4 is 17.9 Å². The van der Waals surface area contributed by atoms with Gasteiger partial charge in [-0.2, -0.15) is 0 Å². The van der Waals surface area contributed by atoms with Crippen LogP contribution in [0.2, 0.25) is 0 Å². The highest BCUT2D eigenvalue weighted by Gasteiger charge is 2.22. The molecule has 4 N–H and O–H groups in total. The number of nitrogens with two attached hydrogens (primary N) is 1. The summed E-state index contributed by atoms with van der Waals surface area (Å²) in [5, 5.41) is 11.9. The minimum atomic E-state index is -0.481. The summed E-state index contributed by atoms with van der Waals surface area (Å²) >= 11 is 0. The van der Waals surface area contributed by atoms with E-state index in [2.05, 4.69) is 5.32 Å². The van der Waals surface area contributed by atoms with Crippen molar-refractivity contribution in [3.63, 3.8) is 0 Å². The molecule has 0 spiro atoms. The zero-order valence-electron chi connectivity index (χ0n) is 12.4. The van der Waals surface area contributed by atoms with Gasteiger partial charge in [0.2, 0.25) is 11.8 Å². The van der Waals surface area contributed by atoms with E-state index < -0.39 is 11.4 Å². The lowest BCUT2D eigenvalue weighted by atomic mass is 9.95. The van der Waals surface area contributed by atoms with Gasteiger partial charge in [-0.1, -0.05) is 19.1 Å². The van der Waals surface area contributed by atoms with Crippen molar-refractivity contribution in [1.82, 2.24) is 5.32 Å². The Labute approximate surface area is 124 Å². The van der Waals surface area contributed by atoms with Crippen LogP contribution in [0.1, 0.15) is 42.6 Å². The van der Waals surface area contributed by atoms with Crippen LogP contribution in [0.4, 0.5) is 0 Å². The third-order valence-electron chi connectivity index (χ3n) is 3.49. The molecule has 0 bridgehead atoms. The van der Waals surface area contributed by atoms with Crippen LogP contribution in [0.25, 0.3) is 6.08 Å². The van der Waals surface area contributed by atoms with Crippen molar-refractivity contribution < 1.29 is 14.7 Å². The average Bonchev–Trinajstić information content (AvgIpc) is 2.45. The first-order valence-corrected chi connectivity index (χ1v) is 6.91. The maximum atomic E-state index is 11.9. The summed E-state index contributed by atoms with van der Waals surface area (Å²) in [6.07, 6.45) is 4.34. The second-order valence-corrected chi connectivity index (χ2v) is 5.20. The number of hydrogen-bond acceptors (Lipinski definition) is 3. The third kappa shape index (κ3) is 5.39. The Hall–Kier alpha value is -2.14. The Morgan fingerprint density at radius 2 is 1.95 bits per heavy atom. The molecule has 0 fully saturated rings. The highest BCUT2D eigenvalue weighted by molar-refractivity contribution is 5.94. The number of carbonyl (C=O) groups excluding carboxylic acids is 2. The second-order valence-electron chi connectivity index (χ2n) is 5.20. The molecule has 1 rings (SSSR count). The SMILES string of the molecule is CCC(C)(CCO)NC(=O)/C=C/c1ccc(C(N)=O)cc1. The van der Waals surface area contributed by atoms with Gasteiger partial charge in [-0.25, -0.2) is 0 Å². The minimum absolute atomic E-state index is 0.0307. The first-order valence-electron chi connectivity index (χ1n) is 6.91. The van der Waals surface area contributed by atoms with Gasteiger partial charge in [0, 0.05) is 23.8 Å². The molecular weight excluding hydrogens is 268 g/mol. The Morgan fingerprint density at radius 3 is 2.43 bits per heavy atom. The summed E-state index contributed by atoms with van der Waals surface area (Å²) in [5.74, 6) is -0.697. The lowest BCUT2D eigenvalue weighted by Crippen LogP contribution is -2.45. The predicted octanol–water partition coefficient (Wildman–Crippen LogP) is 1.47. The molecular formula is C16H22N2O3. The van der Waals surface area contributed by atoms with Gasteiger partial charge in [-0.15, -0.1) is 0 Å². The molecule has 0 heterocycles. The minimum Gasteiger partial charge on any atom is -0.396 e. The standard InChI is InChI=1S/C16H22N2O3/c1-3-16(2,10-11-19)18-14(20)9-6-12-4-7-13(8-5-12)15(17)21/h4-9,19H,3,10-11H2,1-2H3,(H2,17,21)(H,18,20)/b9-6+. The van der Waals surface area contributed by atoms with E-state index in [-0.39, 0.29) is 12.5 Å². The molecule has 0 radical (unpaired) electrons. The normalized spacial score (nSPS) is 13.9. The average molecular weight is 290 g/mol. The lowest BCUT2D eigenvalue weighted by molar-refractivity contribution is -0.118. The quantitative estimate of drug-likeness (QED) is 0.664. The zero-order chi connectivity index (χ0) is 15.9. The number of rotatable bonds is 7.